The third kappa shape index (κ3) is 9.57. The summed E-state index contributed by atoms with van der Waals surface area (Å²) in [5, 5.41) is 7.72. The van der Waals surface area contributed by atoms with Crippen molar-refractivity contribution in [2.75, 3.05) is 46.7 Å². The third-order valence-electron chi connectivity index (χ3n) is 2.84. The maximum absolute atomic E-state index is 5.50. The lowest BCUT2D eigenvalue weighted by atomic mass is 10.2. The Morgan fingerprint density at radius 3 is 2.57 bits per heavy atom. The smallest absolute Gasteiger partial charge is 0.0701 e. The van der Waals surface area contributed by atoms with E-state index in [1.165, 1.54) is 5.56 Å². The summed E-state index contributed by atoms with van der Waals surface area (Å²) in [6, 6.07) is 0. The van der Waals surface area contributed by atoms with Crippen molar-refractivity contribution in [3.63, 3.8) is 0 Å². The number of nitrogens with zero attached hydrogens (tertiary/aromatic N) is 2. The van der Waals surface area contributed by atoms with Crippen molar-refractivity contribution in [1.82, 2.24) is 15.1 Å². The van der Waals surface area contributed by atoms with Crippen molar-refractivity contribution in [2.45, 2.75) is 26.9 Å². The Balaban J connectivity index is 2.01. The van der Waals surface area contributed by atoms with Gasteiger partial charge in [0, 0.05) is 25.4 Å². The van der Waals surface area contributed by atoms with E-state index >= 15 is 0 Å². The van der Waals surface area contributed by atoms with Gasteiger partial charge in [0.15, 0.2) is 0 Å². The van der Waals surface area contributed by atoms with Gasteiger partial charge in [-0.05, 0) is 12.5 Å². The number of methoxy groups -OCH3 is 1. The number of hydrogen-bond donors (Lipinski definition) is 1. The summed E-state index contributed by atoms with van der Waals surface area (Å²) in [5.41, 5.74) is 1.21. The molecule has 0 spiro atoms. The molecule has 0 aromatic carbocycles. The van der Waals surface area contributed by atoms with E-state index in [0.29, 0.717) is 39.0 Å². The topological polar surface area (TPSA) is 57.5 Å². The summed E-state index contributed by atoms with van der Waals surface area (Å²) >= 11 is 0. The van der Waals surface area contributed by atoms with E-state index in [4.69, 9.17) is 14.2 Å². The lowest BCUT2D eigenvalue weighted by Crippen LogP contribution is -2.18. The number of nitrogens with one attached hydrogen (secondary N) is 1. The van der Waals surface area contributed by atoms with Crippen LogP contribution in [-0.4, -0.2) is 56.5 Å². The zero-order valence-electron chi connectivity index (χ0n) is 13.5. The first-order valence-electron chi connectivity index (χ1n) is 7.59. The van der Waals surface area contributed by atoms with Crippen molar-refractivity contribution in [3.8, 4) is 0 Å². The standard InChI is InChI=1S/C15H29N3O3/c1-14(2)10-16-11-15-12-17-18(13-15)4-5-20-8-9-21-7-6-19-3/h12-14,16H,4-11H2,1-3H3. The van der Waals surface area contributed by atoms with Gasteiger partial charge in [-0.2, -0.15) is 5.10 Å². The normalized spacial score (nSPS) is 11.4. The van der Waals surface area contributed by atoms with Crippen molar-refractivity contribution in [1.29, 1.82) is 0 Å². The van der Waals surface area contributed by atoms with Crippen LogP contribution in [0.4, 0.5) is 0 Å². The Bertz CT molecular complexity index is 356. The second-order valence-corrected chi connectivity index (χ2v) is 5.35. The first kappa shape index (κ1) is 18.1. The predicted octanol–water partition coefficient (Wildman–Crippen LogP) is 1.31. The molecule has 0 fully saturated rings. The minimum absolute atomic E-state index is 0.604. The Labute approximate surface area is 127 Å². The van der Waals surface area contributed by atoms with E-state index in [1.54, 1.807) is 7.11 Å². The third-order valence-corrected chi connectivity index (χ3v) is 2.84. The van der Waals surface area contributed by atoms with Crippen LogP contribution >= 0.6 is 0 Å². The molecule has 1 aromatic heterocycles. The van der Waals surface area contributed by atoms with Crippen molar-refractivity contribution in [3.05, 3.63) is 18.0 Å². The van der Waals surface area contributed by atoms with Crippen molar-refractivity contribution in [2.24, 2.45) is 5.92 Å². The molecular weight excluding hydrogens is 270 g/mol. The molecule has 0 unspecified atom stereocenters. The van der Waals surface area contributed by atoms with E-state index < -0.39 is 0 Å². The summed E-state index contributed by atoms with van der Waals surface area (Å²) in [7, 11) is 1.66. The summed E-state index contributed by atoms with van der Waals surface area (Å²) < 4.78 is 17.6. The van der Waals surface area contributed by atoms with E-state index in [1.807, 2.05) is 10.9 Å². The average Bonchev–Trinajstić information content (AvgIpc) is 2.89. The fourth-order valence-electron chi connectivity index (χ4n) is 1.75. The molecule has 0 aliphatic heterocycles. The van der Waals surface area contributed by atoms with Crippen LogP contribution in [0.15, 0.2) is 12.4 Å². The van der Waals surface area contributed by atoms with Gasteiger partial charge in [0.05, 0.1) is 45.8 Å². The molecule has 0 saturated carbocycles. The molecular formula is C15H29N3O3. The fourth-order valence-corrected chi connectivity index (χ4v) is 1.75. The largest absolute Gasteiger partial charge is 0.382 e. The summed E-state index contributed by atoms with van der Waals surface area (Å²) in [5.74, 6) is 0.666. The molecule has 0 amide bonds. The van der Waals surface area contributed by atoms with Gasteiger partial charge in [0.1, 0.15) is 0 Å². The van der Waals surface area contributed by atoms with Gasteiger partial charge < -0.3 is 19.5 Å². The first-order chi connectivity index (χ1) is 10.2. The van der Waals surface area contributed by atoms with Crippen LogP contribution < -0.4 is 5.32 Å². The lowest BCUT2D eigenvalue weighted by molar-refractivity contribution is 0.0225. The monoisotopic (exact) mass is 299 g/mol. The molecule has 0 radical (unpaired) electrons. The maximum atomic E-state index is 5.50. The maximum Gasteiger partial charge on any atom is 0.0701 e. The second kappa shape index (κ2) is 11.7. The number of ether oxygens (including phenoxy) is 3. The minimum atomic E-state index is 0.604. The SMILES string of the molecule is COCCOCCOCCn1cc(CNCC(C)C)cn1. The molecule has 0 bridgehead atoms. The minimum Gasteiger partial charge on any atom is -0.382 e. The molecule has 0 aliphatic carbocycles. The zero-order valence-corrected chi connectivity index (χ0v) is 13.5. The Morgan fingerprint density at radius 1 is 1.14 bits per heavy atom. The van der Waals surface area contributed by atoms with Gasteiger partial charge in [-0.1, -0.05) is 13.8 Å². The van der Waals surface area contributed by atoms with Crippen LogP contribution in [0, 0.1) is 5.92 Å². The van der Waals surface area contributed by atoms with Gasteiger partial charge in [0.25, 0.3) is 0 Å². The fraction of sp³-hybridized carbons (Fsp3) is 0.800. The number of hydrogen-bond acceptors (Lipinski definition) is 5. The molecule has 0 atom stereocenters. The van der Waals surface area contributed by atoms with Crippen LogP contribution in [0.2, 0.25) is 0 Å². The lowest BCUT2D eigenvalue weighted by Gasteiger charge is -2.06. The molecule has 122 valence electrons. The Morgan fingerprint density at radius 2 is 1.86 bits per heavy atom. The van der Waals surface area contributed by atoms with E-state index in [9.17, 15) is 0 Å². The highest BCUT2D eigenvalue weighted by atomic mass is 16.5. The molecule has 6 heteroatoms. The zero-order chi connectivity index (χ0) is 15.3. The molecule has 0 aliphatic rings. The average molecular weight is 299 g/mol. The molecule has 6 nitrogen and oxygen atoms in total. The highest BCUT2D eigenvalue weighted by molar-refractivity contribution is 5.03. The van der Waals surface area contributed by atoms with Crippen LogP contribution in [0.3, 0.4) is 0 Å². The molecule has 1 rings (SSSR count). The quantitative estimate of drug-likeness (QED) is 0.557. The van der Waals surface area contributed by atoms with Crippen LogP contribution in [0.5, 0.6) is 0 Å². The predicted molar refractivity (Wildman–Crippen MR) is 82.3 cm³/mol. The van der Waals surface area contributed by atoms with Gasteiger partial charge in [-0.15, -0.1) is 0 Å². The number of rotatable bonds is 13. The molecule has 1 aromatic rings. The summed E-state index contributed by atoms with van der Waals surface area (Å²) in [6.07, 6.45) is 3.97. The summed E-state index contributed by atoms with van der Waals surface area (Å²) in [6.45, 7) is 10.2. The summed E-state index contributed by atoms with van der Waals surface area (Å²) in [4.78, 5) is 0. The highest BCUT2D eigenvalue weighted by Gasteiger charge is 1.99. The Hall–Kier alpha value is -0.950. The van der Waals surface area contributed by atoms with Crippen LogP contribution in [0.1, 0.15) is 19.4 Å². The van der Waals surface area contributed by atoms with Crippen molar-refractivity contribution >= 4 is 0 Å². The van der Waals surface area contributed by atoms with Gasteiger partial charge >= 0.3 is 0 Å². The van der Waals surface area contributed by atoms with E-state index in [0.717, 1.165) is 19.6 Å². The Kier molecular flexibility index (Phi) is 10.1. The number of aromatic nitrogens is 2. The molecule has 21 heavy (non-hydrogen) atoms. The highest BCUT2D eigenvalue weighted by Crippen LogP contribution is 1.98. The van der Waals surface area contributed by atoms with Crippen LogP contribution in [0.25, 0.3) is 0 Å². The second-order valence-electron chi connectivity index (χ2n) is 5.35. The van der Waals surface area contributed by atoms with Gasteiger partial charge in [0.2, 0.25) is 0 Å². The van der Waals surface area contributed by atoms with Gasteiger partial charge in [-0.3, -0.25) is 4.68 Å². The molecule has 1 heterocycles. The van der Waals surface area contributed by atoms with Crippen molar-refractivity contribution < 1.29 is 14.2 Å². The molecule has 1 N–H and O–H groups in total. The molecule has 0 saturated heterocycles. The van der Waals surface area contributed by atoms with Crippen LogP contribution in [-0.2, 0) is 27.3 Å². The van der Waals surface area contributed by atoms with E-state index in [2.05, 4.69) is 30.5 Å². The van der Waals surface area contributed by atoms with E-state index in [-0.39, 0.29) is 0 Å². The van der Waals surface area contributed by atoms with Gasteiger partial charge in [-0.25, -0.2) is 0 Å². The first-order valence-corrected chi connectivity index (χ1v) is 7.59.